The molecule has 0 saturated heterocycles. The quantitative estimate of drug-likeness (QED) is 0.913. The molecule has 22 heavy (non-hydrogen) atoms. The highest BCUT2D eigenvalue weighted by Crippen LogP contribution is 2.22. The van der Waals surface area contributed by atoms with Crippen molar-refractivity contribution in [1.29, 1.82) is 0 Å². The Kier molecular flexibility index (Phi) is 4.85. The van der Waals surface area contributed by atoms with Crippen LogP contribution in [-0.4, -0.2) is 21.9 Å². The number of nitrogens with zero attached hydrogens (tertiary/aromatic N) is 2. The Hall–Kier alpha value is -2.31. The van der Waals surface area contributed by atoms with Gasteiger partial charge in [-0.05, 0) is 12.5 Å². The Morgan fingerprint density at radius 2 is 1.95 bits per heavy atom. The van der Waals surface area contributed by atoms with Gasteiger partial charge in [-0.3, -0.25) is 9.48 Å². The maximum Gasteiger partial charge on any atom is 0.389 e. The number of alkyl halides is 3. The third-order valence-corrected chi connectivity index (χ3v) is 3.19. The molecule has 0 aliphatic carbocycles. The summed E-state index contributed by atoms with van der Waals surface area (Å²) in [5, 5.41) is 6.54. The molecule has 118 valence electrons. The number of aromatic nitrogens is 2. The van der Waals surface area contributed by atoms with Gasteiger partial charge >= 0.3 is 6.18 Å². The summed E-state index contributed by atoms with van der Waals surface area (Å²) in [5.74, 6) is -0.454. The average Bonchev–Trinajstić information content (AvgIpc) is 2.93. The predicted molar refractivity (Wildman–Crippen MR) is 76.4 cm³/mol. The number of halogens is 3. The van der Waals surface area contributed by atoms with E-state index in [9.17, 15) is 18.0 Å². The smallest absolute Gasteiger partial charge is 0.309 e. The van der Waals surface area contributed by atoms with Crippen LogP contribution in [-0.2, 0) is 4.79 Å². The summed E-state index contributed by atoms with van der Waals surface area (Å²) in [7, 11) is 0. The molecular formula is C15H16F3N3O. The van der Waals surface area contributed by atoms with Crippen molar-refractivity contribution in [3.63, 3.8) is 0 Å². The van der Waals surface area contributed by atoms with E-state index in [4.69, 9.17) is 0 Å². The van der Waals surface area contributed by atoms with E-state index in [1.807, 2.05) is 37.3 Å². The maximum absolute atomic E-state index is 12.1. The zero-order chi connectivity index (χ0) is 16.2. The van der Waals surface area contributed by atoms with E-state index >= 15 is 0 Å². The summed E-state index contributed by atoms with van der Waals surface area (Å²) < 4.78 is 37.8. The number of carbonyl (C=O) groups excluding carboxylic acids is 1. The standard InChI is InChI=1S/C15H16F3N3O/c1-11(12-5-3-2-4-6-12)21-10-8-13(20-21)19-14(22)7-9-15(16,17)18/h2-6,8,10-11H,7,9H2,1H3,(H,19,20,22)/t11-/m0/s1. The molecular weight excluding hydrogens is 295 g/mol. The normalized spacial score (nSPS) is 12.9. The summed E-state index contributed by atoms with van der Waals surface area (Å²) in [6.07, 6.45) is -4.40. The van der Waals surface area contributed by atoms with Crippen LogP contribution >= 0.6 is 0 Å². The van der Waals surface area contributed by atoms with Gasteiger partial charge in [0.2, 0.25) is 5.91 Å². The van der Waals surface area contributed by atoms with Crippen molar-refractivity contribution in [2.45, 2.75) is 32.0 Å². The van der Waals surface area contributed by atoms with Crippen molar-refractivity contribution in [2.75, 3.05) is 5.32 Å². The minimum Gasteiger partial charge on any atom is -0.309 e. The first-order valence-electron chi connectivity index (χ1n) is 6.82. The van der Waals surface area contributed by atoms with Gasteiger partial charge in [0.25, 0.3) is 0 Å². The Morgan fingerprint density at radius 1 is 1.27 bits per heavy atom. The van der Waals surface area contributed by atoms with Crippen molar-refractivity contribution >= 4 is 11.7 Å². The zero-order valence-corrected chi connectivity index (χ0v) is 12.0. The highest BCUT2D eigenvalue weighted by Gasteiger charge is 2.28. The van der Waals surface area contributed by atoms with Crippen LogP contribution in [0, 0.1) is 0 Å². The minimum atomic E-state index is -4.33. The summed E-state index contributed by atoms with van der Waals surface area (Å²) in [6, 6.07) is 11.2. The molecule has 4 nitrogen and oxygen atoms in total. The van der Waals surface area contributed by atoms with Crippen molar-refractivity contribution < 1.29 is 18.0 Å². The first-order valence-corrected chi connectivity index (χ1v) is 6.82. The molecule has 2 rings (SSSR count). The summed E-state index contributed by atoms with van der Waals surface area (Å²) in [4.78, 5) is 11.4. The largest absolute Gasteiger partial charge is 0.389 e. The Balaban J connectivity index is 1.95. The third-order valence-electron chi connectivity index (χ3n) is 3.19. The molecule has 7 heteroatoms. The van der Waals surface area contributed by atoms with E-state index in [0.717, 1.165) is 5.56 Å². The van der Waals surface area contributed by atoms with Crippen LogP contribution in [0.4, 0.5) is 19.0 Å². The highest BCUT2D eigenvalue weighted by atomic mass is 19.4. The minimum absolute atomic E-state index is 0.0398. The van der Waals surface area contributed by atoms with Crippen molar-refractivity contribution in [1.82, 2.24) is 9.78 Å². The van der Waals surface area contributed by atoms with E-state index in [1.165, 1.54) is 0 Å². The van der Waals surface area contributed by atoms with E-state index in [1.54, 1.807) is 16.9 Å². The molecule has 1 N–H and O–H groups in total. The SMILES string of the molecule is C[C@@H](c1ccccc1)n1ccc(NC(=O)CCC(F)(F)F)n1. The number of hydrogen-bond acceptors (Lipinski definition) is 2. The van der Waals surface area contributed by atoms with E-state index in [2.05, 4.69) is 10.4 Å². The van der Waals surface area contributed by atoms with E-state index in [-0.39, 0.29) is 11.9 Å². The molecule has 1 heterocycles. The molecule has 0 bridgehead atoms. The first kappa shape index (κ1) is 16.1. The maximum atomic E-state index is 12.1. The Labute approximate surface area is 125 Å². The number of amides is 1. The fourth-order valence-electron chi connectivity index (χ4n) is 1.97. The molecule has 0 aliphatic rings. The molecule has 0 aliphatic heterocycles. The molecule has 2 aromatic rings. The van der Waals surface area contributed by atoms with Crippen LogP contribution in [0.2, 0.25) is 0 Å². The molecule has 1 amide bonds. The second-order valence-electron chi connectivity index (χ2n) is 4.93. The lowest BCUT2D eigenvalue weighted by atomic mass is 10.1. The molecule has 1 atom stereocenters. The van der Waals surface area contributed by atoms with Crippen LogP contribution in [0.1, 0.15) is 31.4 Å². The Morgan fingerprint density at radius 3 is 2.59 bits per heavy atom. The second-order valence-corrected chi connectivity index (χ2v) is 4.93. The number of carbonyl (C=O) groups is 1. The Bertz CT molecular complexity index is 622. The van der Waals surface area contributed by atoms with Crippen LogP contribution in [0.5, 0.6) is 0 Å². The lowest BCUT2D eigenvalue weighted by Crippen LogP contribution is -2.17. The molecule has 0 saturated carbocycles. The highest BCUT2D eigenvalue weighted by molar-refractivity contribution is 5.89. The lowest BCUT2D eigenvalue weighted by Gasteiger charge is -2.12. The van der Waals surface area contributed by atoms with Gasteiger partial charge in [0.1, 0.15) is 0 Å². The molecule has 0 fully saturated rings. The van der Waals surface area contributed by atoms with Crippen LogP contribution < -0.4 is 5.32 Å². The van der Waals surface area contributed by atoms with Gasteiger partial charge in [-0.15, -0.1) is 0 Å². The molecule has 0 spiro atoms. The zero-order valence-electron chi connectivity index (χ0n) is 12.0. The second kappa shape index (κ2) is 6.64. The van der Waals surface area contributed by atoms with Gasteiger partial charge in [-0.2, -0.15) is 18.3 Å². The number of benzene rings is 1. The molecule has 1 aromatic carbocycles. The van der Waals surface area contributed by atoms with Crippen LogP contribution in [0.3, 0.4) is 0 Å². The average molecular weight is 311 g/mol. The van der Waals surface area contributed by atoms with Gasteiger partial charge in [0.15, 0.2) is 5.82 Å². The number of rotatable bonds is 5. The van der Waals surface area contributed by atoms with E-state index < -0.39 is 24.9 Å². The number of hydrogen-bond donors (Lipinski definition) is 1. The van der Waals surface area contributed by atoms with Gasteiger partial charge in [0.05, 0.1) is 12.5 Å². The van der Waals surface area contributed by atoms with Gasteiger partial charge in [0, 0.05) is 18.7 Å². The third kappa shape index (κ3) is 4.61. The molecule has 0 unspecified atom stereocenters. The summed E-state index contributed by atoms with van der Waals surface area (Å²) in [5.41, 5.74) is 1.04. The number of anilines is 1. The van der Waals surface area contributed by atoms with Crippen molar-refractivity contribution in [3.05, 3.63) is 48.2 Å². The molecule has 0 radical (unpaired) electrons. The summed E-state index contributed by atoms with van der Waals surface area (Å²) in [6.45, 7) is 1.94. The monoisotopic (exact) mass is 311 g/mol. The predicted octanol–water partition coefficient (Wildman–Crippen LogP) is 3.77. The van der Waals surface area contributed by atoms with Gasteiger partial charge < -0.3 is 5.32 Å². The van der Waals surface area contributed by atoms with Crippen molar-refractivity contribution in [2.24, 2.45) is 0 Å². The lowest BCUT2D eigenvalue weighted by molar-refractivity contribution is -0.142. The topological polar surface area (TPSA) is 46.9 Å². The number of nitrogens with one attached hydrogen (secondary N) is 1. The molecule has 1 aromatic heterocycles. The summed E-state index contributed by atoms with van der Waals surface area (Å²) >= 11 is 0. The van der Waals surface area contributed by atoms with Crippen molar-refractivity contribution in [3.8, 4) is 0 Å². The van der Waals surface area contributed by atoms with Crippen LogP contribution in [0.15, 0.2) is 42.6 Å². The van der Waals surface area contributed by atoms with Gasteiger partial charge in [-0.1, -0.05) is 30.3 Å². The fourth-order valence-corrected chi connectivity index (χ4v) is 1.97. The van der Waals surface area contributed by atoms with E-state index in [0.29, 0.717) is 0 Å². The fraction of sp³-hybridized carbons (Fsp3) is 0.333. The first-order chi connectivity index (χ1) is 10.3. The van der Waals surface area contributed by atoms with Gasteiger partial charge in [-0.25, -0.2) is 0 Å². The van der Waals surface area contributed by atoms with Crippen LogP contribution in [0.25, 0.3) is 0 Å².